The van der Waals surface area contributed by atoms with E-state index < -0.39 is 9.84 Å². The van der Waals surface area contributed by atoms with Gasteiger partial charge in [0.25, 0.3) is 0 Å². The summed E-state index contributed by atoms with van der Waals surface area (Å²) in [6.07, 6.45) is 5.59. The lowest BCUT2D eigenvalue weighted by Crippen LogP contribution is -2.25. The molecule has 1 heterocycles. The third-order valence-corrected chi connectivity index (χ3v) is 3.89. The molecule has 1 unspecified atom stereocenters. The lowest BCUT2D eigenvalue weighted by atomic mass is 10.1. The van der Waals surface area contributed by atoms with E-state index in [1.54, 1.807) is 6.20 Å². The van der Waals surface area contributed by atoms with Crippen LogP contribution in [-0.4, -0.2) is 36.8 Å². The summed E-state index contributed by atoms with van der Waals surface area (Å²) >= 11 is 0. The van der Waals surface area contributed by atoms with Gasteiger partial charge in [-0.15, -0.1) is 0 Å². The first-order chi connectivity index (χ1) is 8.44. The van der Waals surface area contributed by atoms with Crippen molar-refractivity contribution < 1.29 is 8.42 Å². The van der Waals surface area contributed by atoms with Gasteiger partial charge in [0.15, 0.2) is 0 Å². The van der Waals surface area contributed by atoms with Crippen molar-refractivity contribution in [2.45, 2.75) is 32.2 Å². The van der Waals surface area contributed by atoms with Crippen molar-refractivity contribution in [3.8, 4) is 0 Å². The van der Waals surface area contributed by atoms with Crippen LogP contribution in [0.4, 0.5) is 0 Å². The summed E-state index contributed by atoms with van der Waals surface area (Å²) in [4.78, 5) is 0. The highest BCUT2D eigenvalue weighted by molar-refractivity contribution is 7.90. The van der Waals surface area contributed by atoms with Crippen LogP contribution < -0.4 is 5.32 Å². The largest absolute Gasteiger partial charge is 0.309 e. The van der Waals surface area contributed by atoms with Crippen molar-refractivity contribution in [2.75, 3.05) is 18.6 Å². The van der Waals surface area contributed by atoms with Crippen LogP contribution in [0.5, 0.6) is 0 Å². The molecule has 0 spiro atoms. The Balaban J connectivity index is 2.59. The normalized spacial score (nSPS) is 13.7. The minimum Gasteiger partial charge on any atom is -0.309 e. The molecule has 0 amide bonds. The molecule has 1 aromatic rings. The predicted molar refractivity (Wildman–Crippen MR) is 73.2 cm³/mol. The maximum atomic E-state index is 11.1. The highest BCUT2D eigenvalue weighted by Crippen LogP contribution is 2.18. The third-order valence-electron chi connectivity index (χ3n) is 2.86. The number of nitrogens with zero attached hydrogens (tertiary/aromatic N) is 2. The van der Waals surface area contributed by atoms with E-state index in [0.29, 0.717) is 6.42 Å². The summed E-state index contributed by atoms with van der Waals surface area (Å²) in [7, 11) is -0.960. The zero-order chi connectivity index (χ0) is 13.6. The van der Waals surface area contributed by atoms with Crippen LogP contribution in [0, 0.1) is 0 Å². The molecule has 5 nitrogen and oxygen atoms in total. The van der Waals surface area contributed by atoms with Crippen molar-refractivity contribution in [3.63, 3.8) is 0 Å². The number of rotatable bonds is 8. The van der Waals surface area contributed by atoms with E-state index in [0.717, 1.165) is 25.1 Å². The van der Waals surface area contributed by atoms with Crippen molar-refractivity contribution in [3.05, 3.63) is 18.0 Å². The zero-order valence-electron chi connectivity index (χ0n) is 11.4. The molecule has 6 heteroatoms. The Hall–Kier alpha value is -0.880. The summed E-state index contributed by atoms with van der Waals surface area (Å²) in [6.45, 7) is 3.04. The first kappa shape index (κ1) is 15.2. The van der Waals surface area contributed by atoms with Crippen LogP contribution in [0.25, 0.3) is 0 Å². The predicted octanol–water partition coefficient (Wildman–Crippen LogP) is 1.29. The highest BCUT2D eigenvalue weighted by atomic mass is 32.2. The monoisotopic (exact) mass is 273 g/mol. The zero-order valence-corrected chi connectivity index (χ0v) is 12.2. The van der Waals surface area contributed by atoms with Crippen molar-refractivity contribution >= 4 is 9.84 Å². The molecule has 104 valence electrons. The standard InChI is InChI=1S/C12H23N3O2S/c1-4-8-13-11(6-5-10-18(3,16)17)12-7-9-14-15(12)2/h7,9,11,13H,4-6,8,10H2,1-3H3. The smallest absolute Gasteiger partial charge is 0.147 e. The van der Waals surface area contributed by atoms with Gasteiger partial charge in [-0.3, -0.25) is 4.68 Å². The van der Waals surface area contributed by atoms with E-state index in [2.05, 4.69) is 17.3 Å². The van der Waals surface area contributed by atoms with Gasteiger partial charge in [-0.05, 0) is 31.9 Å². The van der Waals surface area contributed by atoms with Gasteiger partial charge in [-0.25, -0.2) is 8.42 Å². The number of nitrogens with one attached hydrogen (secondary N) is 1. The van der Waals surface area contributed by atoms with Gasteiger partial charge >= 0.3 is 0 Å². The molecular weight excluding hydrogens is 250 g/mol. The van der Waals surface area contributed by atoms with E-state index in [-0.39, 0.29) is 11.8 Å². The molecule has 0 bridgehead atoms. The maximum absolute atomic E-state index is 11.1. The first-order valence-electron chi connectivity index (χ1n) is 6.33. The quantitative estimate of drug-likeness (QED) is 0.775. The number of hydrogen-bond acceptors (Lipinski definition) is 4. The molecule has 18 heavy (non-hydrogen) atoms. The van der Waals surface area contributed by atoms with Gasteiger partial charge in [0.2, 0.25) is 0 Å². The van der Waals surface area contributed by atoms with Crippen molar-refractivity contribution in [1.29, 1.82) is 0 Å². The fraction of sp³-hybridized carbons (Fsp3) is 0.750. The molecule has 0 saturated heterocycles. The molecule has 1 rings (SSSR count). The second-order valence-electron chi connectivity index (χ2n) is 4.66. The number of aryl methyl sites for hydroxylation is 1. The number of hydrogen-bond donors (Lipinski definition) is 1. The second-order valence-corrected chi connectivity index (χ2v) is 6.92. The summed E-state index contributed by atoms with van der Waals surface area (Å²) in [5, 5.41) is 7.60. The molecule has 1 N–H and O–H groups in total. The first-order valence-corrected chi connectivity index (χ1v) is 8.39. The van der Waals surface area contributed by atoms with Crippen LogP contribution in [0.15, 0.2) is 12.3 Å². The van der Waals surface area contributed by atoms with Crippen LogP contribution in [0.3, 0.4) is 0 Å². The molecule has 0 aromatic carbocycles. The Bertz CT molecular complexity index is 454. The Kier molecular flexibility index (Phi) is 5.81. The highest BCUT2D eigenvalue weighted by Gasteiger charge is 2.14. The molecule has 1 atom stereocenters. The Labute approximate surface area is 109 Å². The Morgan fingerprint density at radius 3 is 2.72 bits per heavy atom. The lowest BCUT2D eigenvalue weighted by molar-refractivity contribution is 0.463. The average Bonchev–Trinajstić information content (AvgIpc) is 2.68. The second kappa shape index (κ2) is 6.89. The van der Waals surface area contributed by atoms with Gasteiger partial charge < -0.3 is 5.32 Å². The minimum atomic E-state index is -2.87. The fourth-order valence-corrected chi connectivity index (χ4v) is 2.64. The van der Waals surface area contributed by atoms with E-state index >= 15 is 0 Å². The van der Waals surface area contributed by atoms with Crippen LogP contribution in [0.1, 0.15) is 37.9 Å². The number of aromatic nitrogens is 2. The summed E-state index contributed by atoms with van der Waals surface area (Å²) in [5.74, 6) is 0.245. The fourth-order valence-electron chi connectivity index (χ4n) is 1.95. The lowest BCUT2D eigenvalue weighted by Gasteiger charge is -2.18. The van der Waals surface area contributed by atoms with Crippen LogP contribution >= 0.6 is 0 Å². The van der Waals surface area contributed by atoms with Crippen LogP contribution in [-0.2, 0) is 16.9 Å². The molecule has 1 aromatic heterocycles. The maximum Gasteiger partial charge on any atom is 0.147 e. The summed E-state index contributed by atoms with van der Waals surface area (Å²) in [6, 6.07) is 2.16. The summed E-state index contributed by atoms with van der Waals surface area (Å²) in [5.41, 5.74) is 1.11. The van der Waals surface area contributed by atoms with Crippen molar-refractivity contribution in [1.82, 2.24) is 15.1 Å². The molecular formula is C12H23N3O2S. The van der Waals surface area contributed by atoms with Gasteiger partial charge in [0, 0.05) is 31.3 Å². The average molecular weight is 273 g/mol. The third kappa shape index (κ3) is 5.18. The van der Waals surface area contributed by atoms with Gasteiger partial charge in [-0.2, -0.15) is 5.10 Å². The van der Waals surface area contributed by atoms with E-state index in [1.807, 2.05) is 17.8 Å². The Morgan fingerprint density at radius 1 is 1.50 bits per heavy atom. The Morgan fingerprint density at radius 2 is 2.22 bits per heavy atom. The van der Waals surface area contributed by atoms with Gasteiger partial charge in [0.05, 0.1) is 5.69 Å². The molecule has 0 aliphatic heterocycles. The van der Waals surface area contributed by atoms with E-state index in [9.17, 15) is 8.42 Å². The molecule has 0 aliphatic rings. The topological polar surface area (TPSA) is 64.0 Å². The molecule has 0 radical (unpaired) electrons. The summed E-state index contributed by atoms with van der Waals surface area (Å²) < 4.78 is 24.1. The van der Waals surface area contributed by atoms with Gasteiger partial charge in [0.1, 0.15) is 9.84 Å². The van der Waals surface area contributed by atoms with Crippen LogP contribution in [0.2, 0.25) is 0 Å². The number of sulfone groups is 1. The molecule has 0 aliphatic carbocycles. The minimum absolute atomic E-state index is 0.180. The SMILES string of the molecule is CCCNC(CCCS(C)(=O)=O)c1ccnn1C. The van der Waals surface area contributed by atoms with Crippen molar-refractivity contribution in [2.24, 2.45) is 7.05 Å². The molecule has 0 saturated carbocycles. The van der Waals surface area contributed by atoms with E-state index in [4.69, 9.17) is 0 Å². The molecule has 0 fully saturated rings. The van der Waals surface area contributed by atoms with Gasteiger partial charge in [-0.1, -0.05) is 6.92 Å². The van der Waals surface area contributed by atoms with E-state index in [1.165, 1.54) is 6.26 Å².